The fourth-order valence-electron chi connectivity index (χ4n) is 2.40. The van der Waals surface area contributed by atoms with Crippen LogP contribution in [0.25, 0.3) is 0 Å². The monoisotopic (exact) mass is 348 g/mol. The summed E-state index contributed by atoms with van der Waals surface area (Å²) in [5, 5.41) is 5.97. The van der Waals surface area contributed by atoms with Gasteiger partial charge in [0.1, 0.15) is 23.1 Å². The molecular weight excluding hydrogens is 328 g/mol. The van der Waals surface area contributed by atoms with Crippen molar-refractivity contribution in [3.63, 3.8) is 0 Å². The van der Waals surface area contributed by atoms with Crippen molar-refractivity contribution < 1.29 is 9.53 Å². The first kappa shape index (κ1) is 17.4. The summed E-state index contributed by atoms with van der Waals surface area (Å²) in [5.41, 5.74) is 1.49. The van der Waals surface area contributed by atoms with Crippen LogP contribution in [-0.4, -0.2) is 29.5 Å². The van der Waals surface area contributed by atoms with E-state index >= 15 is 0 Å². The van der Waals surface area contributed by atoms with Crippen LogP contribution in [0.15, 0.2) is 66.9 Å². The molecule has 2 N–H and O–H groups in total. The summed E-state index contributed by atoms with van der Waals surface area (Å²) in [7, 11) is 1.64. The Bertz CT molecular complexity index is 851. The van der Waals surface area contributed by atoms with E-state index in [1.807, 2.05) is 42.5 Å². The molecule has 0 fully saturated rings. The minimum absolute atomic E-state index is 0.205. The Balaban J connectivity index is 1.55. The zero-order chi connectivity index (χ0) is 18.2. The minimum Gasteiger partial charge on any atom is -0.497 e. The van der Waals surface area contributed by atoms with Gasteiger partial charge in [-0.25, -0.2) is 9.97 Å². The van der Waals surface area contributed by atoms with Gasteiger partial charge in [-0.15, -0.1) is 0 Å². The predicted octanol–water partition coefficient (Wildman–Crippen LogP) is 3.20. The summed E-state index contributed by atoms with van der Waals surface area (Å²) in [6.07, 6.45) is 2.43. The van der Waals surface area contributed by atoms with Crippen molar-refractivity contribution in [2.45, 2.75) is 6.42 Å². The third kappa shape index (κ3) is 4.80. The Morgan fingerprint density at radius 1 is 1.00 bits per heavy atom. The van der Waals surface area contributed by atoms with Crippen molar-refractivity contribution in [3.8, 4) is 5.75 Å². The number of nitrogens with zero attached hydrogens (tertiary/aromatic N) is 2. The molecule has 26 heavy (non-hydrogen) atoms. The van der Waals surface area contributed by atoms with Crippen molar-refractivity contribution in [2.75, 3.05) is 19.0 Å². The number of pyridine rings is 2. The molecule has 0 saturated heterocycles. The number of amides is 1. The Hall–Kier alpha value is -3.41. The van der Waals surface area contributed by atoms with Crippen LogP contribution in [0.1, 0.15) is 16.1 Å². The third-order valence-corrected chi connectivity index (χ3v) is 3.76. The molecule has 0 saturated carbocycles. The maximum absolute atomic E-state index is 12.3. The number of hydrogen-bond acceptors (Lipinski definition) is 5. The van der Waals surface area contributed by atoms with Gasteiger partial charge >= 0.3 is 0 Å². The molecule has 6 heteroatoms. The molecule has 0 aliphatic rings. The molecule has 1 amide bonds. The lowest BCUT2D eigenvalue weighted by Crippen LogP contribution is -2.26. The summed E-state index contributed by atoms with van der Waals surface area (Å²) >= 11 is 0. The molecule has 3 rings (SSSR count). The standard InChI is InChI=1S/C20H20N4O2/c1-26-16-10-8-15(9-11-16)12-14-22-20(25)17-5-4-7-19(23-17)24-18-6-2-3-13-21-18/h2-11,13H,12,14H2,1H3,(H,22,25)(H,21,23,24). The van der Waals surface area contributed by atoms with E-state index in [4.69, 9.17) is 4.74 Å². The number of carbonyl (C=O) groups is 1. The minimum atomic E-state index is -0.205. The van der Waals surface area contributed by atoms with Crippen LogP contribution in [0.4, 0.5) is 11.6 Å². The molecule has 0 bridgehead atoms. The number of ether oxygens (including phenoxy) is 1. The Kier molecular flexibility index (Phi) is 5.77. The lowest BCUT2D eigenvalue weighted by molar-refractivity contribution is 0.0949. The van der Waals surface area contributed by atoms with E-state index in [1.54, 1.807) is 31.5 Å². The van der Waals surface area contributed by atoms with Crippen molar-refractivity contribution in [3.05, 3.63) is 78.1 Å². The number of rotatable bonds is 7. The zero-order valence-electron chi connectivity index (χ0n) is 14.5. The van der Waals surface area contributed by atoms with E-state index in [0.29, 0.717) is 23.9 Å². The molecule has 3 aromatic rings. The molecule has 0 spiro atoms. The lowest BCUT2D eigenvalue weighted by Gasteiger charge is -2.08. The van der Waals surface area contributed by atoms with E-state index in [9.17, 15) is 4.79 Å². The summed E-state index contributed by atoms with van der Waals surface area (Å²) in [6.45, 7) is 0.532. The van der Waals surface area contributed by atoms with Crippen molar-refractivity contribution in [2.24, 2.45) is 0 Å². The van der Waals surface area contributed by atoms with Gasteiger partial charge in [-0.2, -0.15) is 0 Å². The van der Waals surface area contributed by atoms with Crippen LogP contribution in [0.3, 0.4) is 0 Å². The van der Waals surface area contributed by atoms with Crippen LogP contribution in [0.5, 0.6) is 5.75 Å². The van der Waals surface area contributed by atoms with Gasteiger partial charge in [0.05, 0.1) is 7.11 Å². The molecule has 132 valence electrons. The number of benzene rings is 1. The maximum Gasteiger partial charge on any atom is 0.269 e. The first-order valence-electron chi connectivity index (χ1n) is 8.31. The van der Waals surface area contributed by atoms with Gasteiger partial charge in [-0.3, -0.25) is 4.79 Å². The molecular formula is C20H20N4O2. The highest BCUT2D eigenvalue weighted by Gasteiger charge is 2.08. The van der Waals surface area contributed by atoms with E-state index < -0.39 is 0 Å². The fourth-order valence-corrected chi connectivity index (χ4v) is 2.40. The van der Waals surface area contributed by atoms with Crippen LogP contribution >= 0.6 is 0 Å². The summed E-state index contributed by atoms with van der Waals surface area (Å²) in [4.78, 5) is 20.8. The molecule has 0 aliphatic carbocycles. The van der Waals surface area contributed by atoms with Gasteiger partial charge in [-0.05, 0) is 48.4 Å². The predicted molar refractivity (Wildman–Crippen MR) is 101 cm³/mol. The second-order valence-corrected chi connectivity index (χ2v) is 5.60. The molecule has 0 atom stereocenters. The van der Waals surface area contributed by atoms with Crippen molar-refractivity contribution in [1.82, 2.24) is 15.3 Å². The SMILES string of the molecule is COc1ccc(CCNC(=O)c2cccc(Nc3ccccn3)n2)cc1. The molecule has 2 aromatic heterocycles. The van der Waals surface area contributed by atoms with Gasteiger partial charge in [0.15, 0.2) is 0 Å². The van der Waals surface area contributed by atoms with E-state index in [-0.39, 0.29) is 5.91 Å². The van der Waals surface area contributed by atoms with E-state index in [0.717, 1.165) is 17.7 Å². The first-order chi connectivity index (χ1) is 12.7. The largest absolute Gasteiger partial charge is 0.497 e. The quantitative estimate of drug-likeness (QED) is 0.686. The first-order valence-corrected chi connectivity index (χ1v) is 8.31. The van der Waals surface area contributed by atoms with Crippen LogP contribution in [0.2, 0.25) is 0 Å². The molecule has 0 unspecified atom stereocenters. The number of carbonyl (C=O) groups excluding carboxylic acids is 1. The Morgan fingerprint density at radius 2 is 1.81 bits per heavy atom. The highest BCUT2D eigenvalue weighted by Crippen LogP contribution is 2.13. The van der Waals surface area contributed by atoms with E-state index in [2.05, 4.69) is 20.6 Å². The van der Waals surface area contributed by atoms with Crippen molar-refractivity contribution in [1.29, 1.82) is 0 Å². The molecule has 6 nitrogen and oxygen atoms in total. The van der Waals surface area contributed by atoms with Gasteiger partial charge in [0.2, 0.25) is 0 Å². The van der Waals surface area contributed by atoms with Gasteiger partial charge in [0, 0.05) is 12.7 Å². The number of hydrogen-bond donors (Lipinski definition) is 2. The summed E-state index contributed by atoms with van der Waals surface area (Å²) in [6, 6.07) is 18.6. The summed E-state index contributed by atoms with van der Waals surface area (Å²) in [5.74, 6) is 1.87. The highest BCUT2D eigenvalue weighted by molar-refractivity contribution is 5.92. The highest BCUT2D eigenvalue weighted by atomic mass is 16.5. The van der Waals surface area contributed by atoms with Crippen molar-refractivity contribution >= 4 is 17.5 Å². The zero-order valence-corrected chi connectivity index (χ0v) is 14.5. The molecule has 0 radical (unpaired) electrons. The average Bonchev–Trinajstić information content (AvgIpc) is 2.69. The second-order valence-electron chi connectivity index (χ2n) is 5.60. The molecule has 2 heterocycles. The fraction of sp³-hybridized carbons (Fsp3) is 0.150. The maximum atomic E-state index is 12.3. The van der Waals surface area contributed by atoms with Crippen LogP contribution in [0, 0.1) is 0 Å². The van der Waals surface area contributed by atoms with Crippen LogP contribution < -0.4 is 15.4 Å². The van der Waals surface area contributed by atoms with Crippen LogP contribution in [-0.2, 0) is 6.42 Å². The van der Waals surface area contributed by atoms with Gasteiger partial charge < -0.3 is 15.4 Å². The second kappa shape index (κ2) is 8.62. The van der Waals surface area contributed by atoms with Gasteiger partial charge in [0.25, 0.3) is 5.91 Å². The summed E-state index contributed by atoms with van der Waals surface area (Å²) < 4.78 is 5.14. The Morgan fingerprint density at radius 3 is 2.54 bits per heavy atom. The molecule has 1 aromatic carbocycles. The average molecular weight is 348 g/mol. The number of nitrogens with one attached hydrogen (secondary N) is 2. The van der Waals surface area contributed by atoms with E-state index in [1.165, 1.54) is 0 Å². The topological polar surface area (TPSA) is 76.1 Å². The normalized spacial score (nSPS) is 10.2. The number of methoxy groups -OCH3 is 1. The number of anilines is 2. The third-order valence-electron chi connectivity index (χ3n) is 3.76. The lowest BCUT2D eigenvalue weighted by atomic mass is 10.1. The molecule has 0 aliphatic heterocycles. The van der Waals surface area contributed by atoms with Gasteiger partial charge in [-0.1, -0.05) is 24.3 Å². The smallest absolute Gasteiger partial charge is 0.269 e. The Labute approximate surface area is 152 Å². The number of aromatic nitrogens is 2.